The number of nitrogens with zero attached hydrogens (tertiary/aromatic N) is 1. The number of rotatable bonds is 8. The van der Waals surface area contributed by atoms with Gasteiger partial charge in [-0.15, -0.1) is 0 Å². The zero-order valence-corrected chi connectivity index (χ0v) is 19.7. The van der Waals surface area contributed by atoms with Crippen LogP contribution in [0.2, 0.25) is 0 Å². The molecule has 9 heteroatoms. The molecule has 8 nitrogen and oxygen atoms in total. The first-order valence-electron chi connectivity index (χ1n) is 10.5. The zero-order valence-electron chi connectivity index (χ0n) is 18.8. The summed E-state index contributed by atoms with van der Waals surface area (Å²) in [4.78, 5) is 24.7. The number of aryl methyl sites for hydroxylation is 1. The van der Waals surface area contributed by atoms with Gasteiger partial charge in [-0.05, 0) is 43.4 Å². The Hall–Kier alpha value is -2.81. The van der Waals surface area contributed by atoms with Gasteiger partial charge in [-0.1, -0.05) is 6.92 Å². The first-order valence-corrected chi connectivity index (χ1v) is 12.6. The van der Waals surface area contributed by atoms with Crippen molar-refractivity contribution in [2.45, 2.75) is 38.6 Å². The fourth-order valence-corrected chi connectivity index (χ4v) is 4.66. The maximum atomic E-state index is 12.7. The molecular weight excluding hydrogens is 434 g/mol. The second kappa shape index (κ2) is 9.77. The van der Waals surface area contributed by atoms with E-state index >= 15 is 0 Å². The van der Waals surface area contributed by atoms with Crippen LogP contribution in [0.5, 0.6) is 11.5 Å². The highest BCUT2D eigenvalue weighted by Gasteiger charge is 2.25. The van der Waals surface area contributed by atoms with Gasteiger partial charge in [0.05, 0.1) is 32.3 Å². The van der Waals surface area contributed by atoms with E-state index in [4.69, 9.17) is 14.2 Å². The Balaban J connectivity index is 2.04. The molecule has 0 aliphatic carbocycles. The van der Waals surface area contributed by atoms with Crippen molar-refractivity contribution in [3.05, 3.63) is 45.7 Å². The molecule has 1 aromatic carbocycles. The van der Waals surface area contributed by atoms with Crippen LogP contribution in [0.1, 0.15) is 48.1 Å². The smallest absolute Gasteiger partial charge is 0.343 e. The highest BCUT2D eigenvalue weighted by Crippen LogP contribution is 2.40. The Kier molecular flexibility index (Phi) is 7.28. The summed E-state index contributed by atoms with van der Waals surface area (Å²) in [7, 11) is -0.259. The fourth-order valence-electron chi connectivity index (χ4n) is 4.02. The molecular formula is C23H29NO7S. The molecule has 0 saturated carbocycles. The fraction of sp³-hybridized carbons (Fsp3) is 0.478. The highest BCUT2D eigenvalue weighted by atomic mass is 32.2. The molecule has 1 aliphatic heterocycles. The van der Waals surface area contributed by atoms with E-state index in [2.05, 4.69) is 6.92 Å². The lowest BCUT2D eigenvalue weighted by molar-refractivity contribution is 0.0598. The Morgan fingerprint density at radius 3 is 2.56 bits per heavy atom. The lowest BCUT2D eigenvalue weighted by atomic mass is 9.99. The van der Waals surface area contributed by atoms with Gasteiger partial charge in [0, 0.05) is 30.1 Å². The van der Waals surface area contributed by atoms with Crippen molar-refractivity contribution < 1.29 is 27.4 Å². The average Bonchev–Trinajstić information content (AvgIpc) is 2.90. The van der Waals surface area contributed by atoms with Crippen LogP contribution in [0, 0.1) is 0 Å². The van der Waals surface area contributed by atoms with Crippen LogP contribution < -0.4 is 14.9 Å². The quantitative estimate of drug-likeness (QED) is 0.438. The molecule has 1 aromatic heterocycles. The van der Waals surface area contributed by atoms with Crippen LogP contribution in [0.3, 0.4) is 0 Å². The van der Waals surface area contributed by atoms with Gasteiger partial charge in [-0.3, -0.25) is 4.79 Å². The van der Waals surface area contributed by atoms with E-state index in [1.165, 1.54) is 26.5 Å². The number of fused-ring (bicyclic) bond motifs is 3. The van der Waals surface area contributed by atoms with E-state index in [1.54, 1.807) is 6.20 Å². The van der Waals surface area contributed by atoms with Crippen LogP contribution in [0.4, 0.5) is 0 Å². The first-order chi connectivity index (χ1) is 15.2. The predicted molar refractivity (Wildman–Crippen MR) is 122 cm³/mol. The maximum absolute atomic E-state index is 12.7. The monoisotopic (exact) mass is 463 g/mol. The molecule has 1 unspecified atom stereocenters. The summed E-state index contributed by atoms with van der Waals surface area (Å²) in [6, 6.07) is 5.31. The maximum Gasteiger partial charge on any atom is 0.343 e. The lowest BCUT2D eigenvalue weighted by Gasteiger charge is -2.21. The van der Waals surface area contributed by atoms with E-state index in [9.17, 15) is 18.0 Å². The largest absolute Gasteiger partial charge is 0.493 e. The Morgan fingerprint density at radius 1 is 1.19 bits per heavy atom. The summed E-state index contributed by atoms with van der Waals surface area (Å²) < 4.78 is 40.8. The minimum absolute atomic E-state index is 0.0101. The van der Waals surface area contributed by atoms with Crippen LogP contribution in [-0.2, 0) is 21.0 Å². The summed E-state index contributed by atoms with van der Waals surface area (Å²) in [6.45, 7) is 2.32. The van der Waals surface area contributed by atoms with Gasteiger partial charge in [0.2, 0.25) is 0 Å². The second-order valence-electron chi connectivity index (χ2n) is 7.93. The number of aromatic nitrogens is 1. The molecule has 0 amide bonds. The van der Waals surface area contributed by atoms with Gasteiger partial charge in [-0.2, -0.15) is 0 Å². The molecule has 0 fully saturated rings. The summed E-state index contributed by atoms with van der Waals surface area (Å²) in [6.07, 6.45) is 5.57. The number of carbonyl (C=O) groups is 1. The lowest BCUT2D eigenvalue weighted by Crippen LogP contribution is -2.21. The van der Waals surface area contributed by atoms with Crippen molar-refractivity contribution in [1.29, 1.82) is 0 Å². The van der Waals surface area contributed by atoms with E-state index < -0.39 is 21.2 Å². The Bertz CT molecular complexity index is 1170. The van der Waals surface area contributed by atoms with Crippen molar-refractivity contribution >= 4 is 15.8 Å². The molecule has 174 valence electrons. The topological polar surface area (TPSA) is 101 Å². The van der Waals surface area contributed by atoms with Gasteiger partial charge in [-0.25, -0.2) is 13.2 Å². The van der Waals surface area contributed by atoms with Crippen molar-refractivity contribution in [3.8, 4) is 22.8 Å². The summed E-state index contributed by atoms with van der Waals surface area (Å²) in [5.41, 5.74) is 2.17. The summed E-state index contributed by atoms with van der Waals surface area (Å²) >= 11 is 0. The minimum Gasteiger partial charge on any atom is -0.493 e. The van der Waals surface area contributed by atoms with Gasteiger partial charge in [0.25, 0.3) is 0 Å². The Labute approximate surface area is 188 Å². The molecule has 0 radical (unpaired) electrons. The minimum atomic E-state index is -3.05. The van der Waals surface area contributed by atoms with Crippen molar-refractivity contribution in [2.75, 3.05) is 32.8 Å². The average molecular weight is 464 g/mol. The molecule has 1 atom stereocenters. The Morgan fingerprint density at radius 2 is 1.94 bits per heavy atom. The normalized spacial score (nSPS) is 15.3. The van der Waals surface area contributed by atoms with E-state index in [0.717, 1.165) is 30.4 Å². The number of pyridine rings is 1. The van der Waals surface area contributed by atoms with Crippen LogP contribution in [0.25, 0.3) is 11.3 Å². The molecule has 32 heavy (non-hydrogen) atoms. The molecule has 0 saturated heterocycles. The molecule has 0 N–H and O–H groups in total. The van der Waals surface area contributed by atoms with E-state index in [0.29, 0.717) is 23.6 Å². The molecule has 0 spiro atoms. The van der Waals surface area contributed by atoms with E-state index in [-0.39, 0.29) is 24.0 Å². The standard InChI is InChI=1S/C23H29NO7S/c1-5-16-8-7-15-11-22(31-9-6-10-32(4,27)28)21(29-2)12-17(15)19-13-20(25)18(14-24(16)19)23(26)30-3/h11-14,16H,5-10H2,1-4H3. The molecule has 3 rings (SSSR count). The molecule has 1 aliphatic rings. The van der Waals surface area contributed by atoms with Gasteiger partial charge >= 0.3 is 5.97 Å². The SMILES string of the molecule is CCC1CCc2cc(OCCCS(C)(=O)=O)c(OC)cc2-c2cc(=O)c(C(=O)OC)cn21. The number of hydrogen-bond donors (Lipinski definition) is 0. The number of benzene rings is 1. The molecule has 2 aromatic rings. The molecule has 2 heterocycles. The third-order valence-corrected chi connectivity index (χ3v) is 6.71. The van der Waals surface area contributed by atoms with Crippen LogP contribution in [-0.4, -0.2) is 51.8 Å². The number of methoxy groups -OCH3 is 2. The number of carbonyl (C=O) groups excluding carboxylic acids is 1. The van der Waals surface area contributed by atoms with Gasteiger partial charge in [0.1, 0.15) is 15.4 Å². The van der Waals surface area contributed by atoms with Crippen molar-refractivity contribution in [1.82, 2.24) is 4.57 Å². The predicted octanol–water partition coefficient (Wildman–Crippen LogP) is 3.02. The van der Waals surface area contributed by atoms with Gasteiger partial charge in [0.15, 0.2) is 16.9 Å². The second-order valence-corrected chi connectivity index (χ2v) is 10.2. The van der Waals surface area contributed by atoms with Gasteiger partial charge < -0.3 is 18.8 Å². The first kappa shape index (κ1) is 23.8. The molecule has 0 bridgehead atoms. The highest BCUT2D eigenvalue weighted by molar-refractivity contribution is 7.90. The number of ether oxygens (including phenoxy) is 3. The third-order valence-electron chi connectivity index (χ3n) is 5.68. The number of hydrogen-bond acceptors (Lipinski definition) is 7. The van der Waals surface area contributed by atoms with Crippen molar-refractivity contribution in [3.63, 3.8) is 0 Å². The van der Waals surface area contributed by atoms with Crippen LogP contribution in [0.15, 0.2) is 29.2 Å². The zero-order chi connectivity index (χ0) is 23.5. The number of esters is 1. The van der Waals surface area contributed by atoms with Crippen molar-refractivity contribution in [2.24, 2.45) is 0 Å². The summed E-state index contributed by atoms with van der Waals surface area (Å²) in [5.74, 6) is 0.431. The number of sulfone groups is 1. The van der Waals surface area contributed by atoms with E-state index in [1.807, 2.05) is 16.7 Å². The van der Waals surface area contributed by atoms with Crippen LogP contribution >= 0.6 is 0 Å². The third kappa shape index (κ3) is 5.15. The summed E-state index contributed by atoms with van der Waals surface area (Å²) in [5, 5.41) is 0.